The molecule has 0 saturated carbocycles. The van der Waals surface area contributed by atoms with Crippen molar-refractivity contribution in [2.45, 2.75) is 103 Å². The molecule has 2 N–H and O–H groups in total. The van der Waals surface area contributed by atoms with Crippen LogP contribution in [0.1, 0.15) is 103 Å². The van der Waals surface area contributed by atoms with Gasteiger partial charge in [-0.25, -0.2) is 0 Å². The Kier molecular flexibility index (Phi) is 19.5. The summed E-state index contributed by atoms with van der Waals surface area (Å²) >= 11 is 0. The van der Waals surface area contributed by atoms with Crippen LogP contribution < -0.4 is 5.73 Å². The number of carbonyl (C=O) groups is 1. The van der Waals surface area contributed by atoms with Gasteiger partial charge in [0, 0.05) is 6.54 Å². The van der Waals surface area contributed by atoms with Gasteiger partial charge >= 0.3 is 5.97 Å². The molecule has 0 saturated heterocycles. The summed E-state index contributed by atoms with van der Waals surface area (Å²) in [6, 6.07) is 0. The van der Waals surface area contributed by atoms with Gasteiger partial charge in [-0.3, -0.25) is 4.79 Å². The Hall–Kier alpha value is -0.830. The first kappa shape index (κ1) is 23.2. The van der Waals surface area contributed by atoms with E-state index in [1.807, 2.05) is 0 Å². The SMILES string of the molecule is CCCCCCCC/C=C\CCCCCCCCOC(=O)CCN. The van der Waals surface area contributed by atoms with E-state index < -0.39 is 0 Å². The van der Waals surface area contributed by atoms with Crippen molar-refractivity contribution < 1.29 is 9.53 Å². The monoisotopic (exact) mass is 339 g/mol. The molecule has 0 aliphatic heterocycles. The maximum Gasteiger partial charge on any atom is 0.307 e. The van der Waals surface area contributed by atoms with Crippen LogP contribution in [0.4, 0.5) is 0 Å². The van der Waals surface area contributed by atoms with Crippen LogP contribution in [0, 0.1) is 0 Å². The van der Waals surface area contributed by atoms with E-state index in [4.69, 9.17) is 10.5 Å². The van der Waals surface area contributed by atoms with Gasteiger partial charge in [0.05, 0.1) is 13.0 Å². The third-order valence-electron chi connectivity index (χ3n) is 4.27. The van der Waals surface area contributed by atoms with Gasteiger partial charge < -0.3 is 10.5 Å². The molecule has 0 rings (SSSR count). The fourth-order valence-corrected chi connectivity index (χ4v) is 2.73. The van der Waals surface area contributed by atoms with Gasteiger partial charge in [0.25, 0.3) is 0 Å². The van der Waals surface area contributed by atoms with Crippen LogP contribution >= 0.6 is 0 Å². The number of esters is 1. The van der Waals surface area contributed by atoms with Crippen LogP contribution in [0.5, 0.6) is 0 Å². The molecule has 0 radical (unpaired) electrons. The van der Waals surface area contributed by atoms with Crippen LogP contribution in [0.25, 0.3) is 0 Å². The smallest absolute Gasteiger partial charge is 0.307 e. The number of ether oxygens (including phenoxy) is 1. The number of hydrogen-bond acceptors (Lipinski definition) is 3. The maximum atomic E-state index is 11.1. The molecule has 24 heavy (non-hydrogen) atoms. The Bertz CT molecular complexity index is 290. The van der Waals surface area contributed by atoms with Crippen molar-refractivity contribution in [2.24, 2.45) is 5.73 Å². The summed E-state index contributed by atoms with van der Waals surface area (Å²) in [7, 11) is 0. The molecule has 0 bridgehead atoms. The largest absolute Gasteiger partial charge is 0.466 e. The molecule has 142 valence electrons. The third kappa shape index (κ3) is 19.2. The number of allylic oxidation sites excluding steroid dienone is 2. The molecular formula is C21H41NO2. The first-order valence-corrected chi connectivity index (χ1v) is 10.3. The standard InChI is InChI=1S/C21H41NO2/c1-2-3-4-5-6-7-8-9-10-11-12-13-14-15-16-17-20-24-21(23)18-19-22/h9-10H,2-8,11-20,22H2,1H3/b10-9-. The predicted octanol–water partition coefficient (Wildman–Crippen LogP) is 5.92. The van der Waals surface area contributed by atoms with Crippen molar-refractivity contribution in [1.82, 2.24) is 0 Å². The van der Waals surface area contributed by atoms with Crippen LogP contribution in [0.15, 0.2) is 12.2 Å². The van der Waals surface area contributed by atoms with Crippen molar-refractivity contribution in [1.29, 1.82) is 0 Å². The van der Waals surface area contributed by atoms with Gasteiger partial charge in [0.15, 0.2) is 0 Å². The number of hydrogen-bond donors (Lipinski definition) is 1. The zero-order valence-corrected chi connectivity index (χ0v) is 16.1. The van der Waals surface area contributed by atoms with Crippen molar-refractivity contribution in [3.05, 3.63) is 12.2 Å². The Morgan fingerprint density at radius 1 is 0.792 bits per heavy atom. The first-order chi connectivity index (χ1) is 11.8. The number of carbonyl (C=O) groups excluding carboxylic acids is 1. The van der Waals surface area contributed by atoms with Crippen LogP contribution in [0.3, 0.4) is 0 Å². The van der Waals surface area contributed by atoms with Crippen molar-refractivity contribution in [2.75, 3.05) is 13.2 Å². The second-order valence-corrected chi connectivity index (χ2v) is 6.70. The van der Waals surface area contributed by atoms with E-state index in [1.165, 1.54) is 77.0 Å². The second kappa shape index (κ2) is 20.2. The lowest BCUT2D eigenvalue weighted by molar-refractivity contribution is -0.143. The zero-order chi connectivity index (χ0) is 17.7. The third-order valence-corrected chi connectivity index (χ3v) is 4.27. The van der Waals surface area contributed by atoms with E-state index in [0.717, 1.165) is 12.8 Å². The van der Waals surface area contributed by atoms with Crippen molar-refractivity contribution in [3.8, 4) is 0 Å². The highest BCUT2D eigenvalue weighted by Gasteiger charge is 1.99. The Labute approximate surface area is 150 Å². The Morgan fingerprint density at radius 2 is 1.29 bits per heavy atom. The maximum absolute atomic E-state index is 11.1. The molecule has 0 amide bonds. The molecule has 0 spiro atoms. The van der Waals surface area contributed by atoms with Crippen LogP contribution in [0.2, 0.25) is 0 Å². The van der Waals surface area contributed by atoms with E-state index in [-0.39, 0.29) is 5.97 Å². The summed E-state index contributed by atoms with van der Waals surface area (Å²) in [5.74, 6) is -0.162. The van der Waals surface area contributed by atoms with E-state index in [9.17, 15) is 4.79 Å². The summed E-state index contributed by atoms with van der Waals surface area (Å²) in [6.07, 6.45) is 23.2. The lowest BCUT2D eigenvalue weighted by atomic mass is 10.1. The van der Waals surface area contributed by atoms with Gasteiger partial charge in [-0.05, 0) is 32.1 Å². The normalized spacial score (nSPS) is 11.2. The summed E-state index contributed by atoms with van der Waals surface area (Å²) < 4.78 is 5.07. The molecule has 0 unspecified atom stereocenters. The Morgan fingerprint density at radius 3 is 1.83 bits per heavy atom. The van der Waals surface area contributed by atoms with Gasteiger partial charge in [-0.1, -0.05) is 76.9 Å². The lowest BCUT2D eigenvalue weighted by Crippen LogP contribution is -2.11. The summed E-state index contributed by atoms with van der Waals surface area (Å²) in [4.78, 5) is 11.1. The predicted molar refractivity (Wildman–Crippen MR) is 104 cm³/mol. The minimum absolute atomic E-state index is 0.162. The summed E-state index contributed by atoms with van der Waals surface area (Å²) in [6.45, 7) is 3.20. The first-order valence-electron chi connectivity index (χ1n) is 10.3. The fourth-order valence-electron chi connectivity index (χ4n) is 2.73. The average molecular weight is 340 g/mol. The topological polar surface area (TPSA) is 52.3 Å². The Balaban J connectivity index is 3.11. The molecule has 0 aromatic heterocycles. The zero-order valence-electron chi connectivity index (χ0n) is 16.1. The molecule has 3 nitrogen and oxygen atoms in total. The van der Waals surface area contributed by atoms with Crippen molar-refractivity contribution >= 4 is 5.97 Å². The average Bonchev–Trinajstić information content (AvgIpc) is 2.58. The molecule has 0 atom stereocenters. The molecule has 3 heteroatoms. The number of rotatable bonds is 18. The van der Waals surface area contributed by atoms with E-state index in [0.29, 0.717) is 19.6 Å². The molecule has 0 heterocycles. The highest BCUT2D eigenvalue weighted by Crippen LogP contribution is 2.10. The number of unbranched alkanes of at least 4 members (excludes halogenated alkanes) is 12. The molecule has 0 aromatic rings. The van der Waals surface area contributed by atoms with Gasteiger partial charge in [0.2, 0.25) is 0 Å². The van der Waals surface area contributed by atoms with Crippen LogP contribution in [-0.2, 0) is 9.53 Å². The second-order valence-electron chi connectivity index (χ2n) is 6.70. The molecule has 0 aliphatic carbocycles. The van der Waals surface area contributed by atoms with E-state index in [1.54, 1.807) is 0 Å². The fraction of sp³-hybridized carbons (Fsp3) is 0.857. The molecular weight excluding hydrogens is 298 g/mol. The summed E-state index contributed by atoms with van der Waals surface area (Å²) in [5.41, 5.74) is 5.29. The lowest BCUT2D eigenvalue weighted by Gasteiger charge is -2.03. The van der Waals surface area contributed by atoms with Crippen LogP contribution in [-0.4, -0.2) is 19.1 Å². The molecule has 0 aromatic carbocycles. The highest BCUT2D eigenvalue weighted by molar-refractivity contribution is 5.69. The van der Waals surface area contributed by atoms with E-state index >= 15 is 0 Å². The minimum Gasteiger partial charge on any atom is -0.466 e. The minimum atomic E-state index is -0.162. The van der Waals surface area contributed by atoms with Crippen molar-refractivity contribution in [3.63, 3.8) is 0 Å². The summed E-state index contributed by atoms with van der Waals surface area (Å²) in [5, 5.41) is 0. The molecule has 0 fully saturated rings. The van der Waals surface area contributed by atoms with Gasteiger partial charge in [-0.15, -0.1) is 0 Å². The highest BCUT2D eigenvalue weighted by atomic mass is 16.5. The molecule has 0 aliphatic rings. The van der Waals surface area contributed by atoms with E-state index in [2.05, 4.69) is 19.1 Å². The quantitative estimate of drug-likeness (QED) is 0.192. The number of nitrogens with two attached hydrogens (primary N) is 1. The van der Waals surface area contributed by atoms with Gasteiger partial charge in [0.1, 0.15) is 0 Å². The van der Waals surface area contributed by atoms with Gasteiger partial charge in [-0.2, -0.15) is 0 Å².